The number of benzene rings is 4. The fraction of sp³-hybridized carbons (Fsp3) is 0.143. The monoisotopic (exact) mass is 584 g/mol. The van der Waals surface area contributed by atoms with Gasteiger partial charge in [-0.15, -0.1) is 0 Å². The number of carbonyl (C=O) groups excluding carboxylic acids is 3. The number of aryl methyl sites for hydroxylation is 1. The van der Waals surface area contributed by atoms with Crippen LogP contribution in [0.5, 0.6) is 0 Å². The van der Waals surface area contributed by atoms with Gasteiger partial charge in [0.25, 0.3) is 11.8 Å². The van der Waals surface area contributed by atoms with Crippen molar-refractivity contribution in [2.75, 3.05) is 4.90 Å². The minimum Gasteiger partial charge on any atom is -0.479 e. The molecule has 3 heterocycles. The summed E-state index contributed by atoms with van der Waals surface area (Å²) in [6.07, 6.45) is 0.312. The summed E-state index contributed by atoms with van der Waals surface area (Å²) in [6.45, 7) is 1.99. The van der Waals surface area contributed by atoms with Crippen LogP contribution in [0.2, 0.25) is 0 Å². The van der Waals surface area contributed by atoms with Gasteiger partial charge >= 0.3 is 12.0 Å². The van der Waals surface area contributed by atoms with Gasteiger partial charge in [0, 0.05) is 23.0 Å². The van der Waals surface area contributed by atoms with Crippen LogP contribution in [0.15, 0.2) is 103 Å². The molecule has 0 unspecified atom stereocenters. The number of amides is 4. The third-order valence-electron chi connectivity index (χ3n) is 8.49. The molecule has 9 heteroatoms. The Morgan fingerprint density at radius 2 is 1.57 bits per heavy atom. The Balaban J connectivity index is 1.29. The lowest BCUT2D eigenvalue weighted by Gasteiger charge is -2.36. The van der Waals surface area contributed by atoms with E-state index in [2.05, 4.69) is 10.3 Å². The van der Waals surface area contributed by atoms with Crippen molar-refractivity contribution in [2.45, 2.75) is 31.5 Å². The number of hydrogen-bond acceptors (Lipinski definition) is 4. The lowest BCUT2D eigenvalue weighted by atomic mass is 9.88. The van der Waals surface area contributed by atoms with E-state index in [1.54, 1.807) is 47.4 Å². The van der Waals surface area contributed by atoms with Crippen molar-refractivity contribution in [3.8, 4) is 0 Å². The van der Waals surface area contributed by atoms with Gasteiger partial charge in [-0.05, 0) is 41.8 Å². The molecule has 0 aliphatic carbocycles. The summed E-state index contributed by atoms with van der Waals surface area (Å²) in [6, 6.07) is 27.2. The number of carboxylic acid groups (broad SMARTS) is 1. The maximum Gasteiger partial charge on any atom is 0.332 e. The van der Waals surface area contributed by atoms with Gasteiger partial charge in [0.1, 0.15) is 12.1 Å². The Morgan fingerprint density at radius 3 is 2.32 bits per heavy atom. The molecule has 44 heavy (non-hydrogen) atoms. The van der Waals surface area contributed by atoms with Crippen LogP contribution in [0.1, 0.15) is 50.4 Å². The number of aliphatic carboxylic acids is 1. The first-order valence-corrected chi connectivity index (χ1v) is 14.3. The topological polar surface area (TPSA) is 123 Å². The number of carbonyl (C=O) groups is 4. The Morgan fingerprint density at radius 1 is 0.886 bits per heavy atom. The van der Waals surface area contributed by atoms with Crippen molar-refractivity contribution in [1.82, 2.24) is 15.2 Å². The van der Waals surface area contributed by atoms with Gasteiger partial charge < -0.3 is 15.4 Å². The summed E-state index contributed by atoms with van der Waals surface area (Å²) in [5.41, 5.74) is 5.20. The van der Waals surface area contributed by atoms with Crippen molar-refractivity contribution in [1.29, 1.82) is 0 Å². The van der Waals surface area contributed by atoms with E-state index in [0.717, 1.165) is 38.2 Å². The molecule has 0 spiro atoms. The summed E-state index contributed by atoms with van der Waals surface area (Å²) in [5, 5.41) is 13.4. The first kappa shape index (κ1) is 27.2. The molecule has 3 atom stereocenters. The number of rotatable bonds is 6. The highest BCUT2D eigenvalue weighted by molar-refractivity contribution is 6.24. The van der Waals surface area contributed by atoms with Crippen LogP contribution >= 0.6 is 0 Å². The van der Waals surface area contributed by atoms with Crippen LogP contribution in [-0.4, -0.2) is 44.8 Å². The Bertz CT molecular complexity index is 1950. The summed E-state index contributed by atoms with van der Waals surface area (Å²) >= 11 is 0. The lowest BCUT2D eigenvalue weighted by molar-refractivity contribution is -0.139. The number of nitrogens with zero attached hydrogens (tertiary/aromatic N) is 2. The highest BCUT2D eigenvalue weighted by Crippen LogP contribution is 2.45. The van der Waals surface area contributed by atoms with E-state index in [1.165, 1.54) is 12.1 Å². The number of carboxylic acids is 1. The molecule has 0 bridgehead atoms. The molecule has 1 saturated heterocycles. The molecule has 1 fully saturated rings. The second-order valence-corrected chi connectivity index (χ2v) is 11.1. The number of para-hydroxylation sites is 2. The van der Waals surface area contributed by atoms with Gasteiger partial charge in [-0.1, -0.05) is 90.5 Å². The van der Waals surface area contributed by atoms with Gasteiger partial charge in [0.15, 0.2) is 6.04 Å². The standard InChI is InChI=1S/C35H28N4O5/c1-20-15-17-22(18-16-20)31-30-25(23-11-5-7-13-26(23)36-30)19-28-33(41)39(35(44)38(28)31)27-14-8-6-12-24(27)32(40)37-29(34(42)43)21-9-3-2-4-10-21/h2-18,28-29,31,36H,19H2,1H3,(H,37,40)(H,42,43)/t28-,29-,31+/m0/s1. The average molecular weight is 585 g/mol. The minimum absolute atomic E-state index is 0.0204. The van der Waals surface area contributed by atoms with E-state index in [-0.39, 0.29) is 11.3 Å². The second kappa shape index (κ2) is 10.5. The van der Waals surface area contributed by atoms with Gasteiger partial charge in [0.2, 0.25) is 0 Å². The molecule has 5 aromatic rings. The number of imide groups is 1. The molecule has 2 aliphatic rings. The molecule has 0 saturated carbocycles. The van der Waals surface area contributed by atoms with E-state index in [4.69, 9.17) is 0 Å². The van der Waals surface area contributed by atoms with E-state index >= 15 is 0 Å². The van der Waals surface area contributed by atoms with Crippen molar-refractivity contribution in [3.05, 3.63) is 137 Å². The van der Waals surface area contributed by atoms with Crippen molar-refractivity contribution >= 4 is 40.4 Å². The van der Waals surface area contributed by atoms with Crippen LogP contribution in [0.25, 0.3) is 10.9 Å². The Hall–Kier alpha value is -5.70. The SMILES string of the molecule is Cc1ccc([C@@H]2c3[nH]c4ccccc4c3C[C@H]3C(=O)N(c4ccccc4C(=O)N[C@H](C(=O)O)c4ccccc4)C(=O)N23)cc1. The summed E-state index contributed by atoms with van der Waals surface area (Å²) < 4.78 is 0. The summed E-state index contributed by atoms with van der Waals surface area (Å²) in [5.74, 6) is -2.39. The van der Waals surface area contributed by atoms with E-state index in [0.29, 0.717) is 12.0 Å². The fourth-order valence-corrected chi connectivity index (χ4v) is 6.39. The van der Waals surface area contributed by atoms with E-state index < -0.39 is 41.9 Å². The van der Waals surface area contributed by atoms with E-state index in [9.17, 15) is 24.3 Å². The quantitative estimate of drug-likeness (QED) is 0.227. The average Bonchev–Trinajstić information content (AvgIpc) is 3.53. The van der Waals surface area contributed by atoms with Gasteiger partial charge in [-0.2, -0.15) is 0 Å². The van der Waals surface area contributed by atoms with Gasteiger partial charge in [-0.25, -0.2) is 14.5 Å². The van der Waals surface area contributed by atoms with Crippen molar-refractivity contribution < 1.29 is 24.3 Å². The molecule has 4 aromatic carbocycles. The van der Waals surface area contributed by atoms with E-state index in [1.807, 2.05) is 55.5 Å². The predicted molar refractivity (Wildman–Crippen MR) is 164 cm³/mol. The maximum atomic E-state index is 14.3. The highest BCUT2D eigenvalue weighted by atomic mass is 16.4. The predicted octanol–water partition coefficient (Wildman–Crippen LogP) is 5.51. The van der Waals surface area contributed by atoms with Crippen molar-refractivity contribution in [3.63, 3.8) is 0 Å². The largest absolute Gasteiger partial charge is 0.479 e. The lowest BCUT2D eigenvalue weighted by Crippen LogP contribution is -2.44. The van der Waals surface area contributed by atoms with Crippen LogP contribution in [-0.2, 0) is 16.0 Å². The van der Waals surface area contributed by atoms with Crippen LogP contribution in [0.3, 0.4) is 0 Å². The first-order valence-electron chi connectivity index (χ1n) is 14.3. The molecular weight excluding hydrogens is 556 g/mol. The molecule has 218 valence electrons. The summed E-state index contributed by atoms with van der Waals surface area (Å²) in [4.78, 5) is 60.4. The van der Waals surface area contributed by atoms with Crippen LogP contribution in [0.4, 0.5) is 10.5 Å². The minimum atomic E-state index is -1.32. The molecule has 2 aliphatic heterocycles. The number of aromatic amines is 1. The second-order valence-electron chi connectivity index (χ2n) is 11.1. The third-order valence-corrected chi connectivity index (χ3v) is 8.49. The molecule has 7 rings (SSSR count). The van der Waals surface area contributed by atoms with Crippen LogP contribution in [0, 0.1) is 6.92 Å². The molecular formula is C35H28N4O5. The Kier molecular flexibility index (Phi) is 6.50. The number of aromatic nitrogens is 1. The molecule has 9 nitrogen and oxygen atoms in total. The third kappa shape index (κ3) is 4.32. The number of hydrogen-bond donors (Lipinski definition) is 3. The van der Waals surface area contributed by atoms with Gasteiger partial charge in [-0.3, -0.25) is 14.5 Å². The number of H-pyrrole nitrogens is 1. The zero-order valence-electron chi connectivity index (χ0n) is 23.7. The molecule has 1 aromatic heterocycles. The maximum absolute atomic E-state index is 14.3. The molecule has 4 amide bonds. The highest BCUT2D eigenvalue weighted by Gasteiger charge is 2.53. The smallest absolute Gasteiger partial charge is 0.332 e. The molecule has 3 N–H and O–H groups in total. The number of fused-ring (bicyclic) bond motifs is 4. The number of anilines is 1. The summed E-state index contributed by atoms with van der Waals surface area (Å²) in [7, 11) is 0. The fourth-order valence-electron chi connectivity index (χ4n) is 6.39. The number of nitrogens with one attached hydrogen (secondary N) is 2. The number of urea groups is 1. The molecule has 0 radical (unpaired) electrons. The normalized spacial score (nSPS) is 18.2. The zero-order chi connectivity index (χ0) is 30.5. The van der Waals surface area contributed by atoms with Crippen LogP contribution < -0.4 is 10.2 Å². The van der Waals surface area contributed by atoms with Gasteiger partial charge in [0.05, 0.1) is 11.3 Å². The first-order chi connectivity index (χ1) is 21.3. The Labute approximate surface area is 252 Å². The zero-order valence-corrected chi connectivity index (χ0v) is 23.7. The van der Waals surface area contributed by atoms with Crippen molar-refractivity contribution in [2.24, 2.45) is 0 Å².